The molecule has 0 radical (unpaired) electrons. The molecule has 1 heterocycles. The summed E-state index contributed by atoms with van der Waals surface area (Å²) in [7, 11) is 0. The van der Waals surface area contributed by atoms with Crippen molar-refractivity contribution in [3.8, 4) is 0 Å². The summed E-state index contributed by atoms with van der Waals surface area (Å²) in [6, 6.07) is 10.5. The molecular formula is C14H21NO. The van der Waals surface area contributed by atoms with Crippen LogP contribution in [0.1, 0.15) is 31.4 Å². The number of rotatable bonds is 5. The second kappa shape index (κ2) is 5.46. The molecule has 1 fully saturated rings. The van der Waals surface area contributed by atoms with Gasteiger partial charge in [-0.1, -0.05) is 43.7 Å². The molecule has 0 spiro atoms. The first-order chi connectivity index (χ1) is 7.85. The highest BCUT2D eigenvalue weighted by Gasteiger charge is 2.31. The summed E-state index contributed by atoms with van der Waals surface area (Å²) in [5.41, 5.74) is 1.24. The molecule has 1 aliphatic rings. The molecule has 1 aromatic rings. The van der Waals surface area contributed by atoms with Gasteiger partial charge in [0.05, 0.1) is 12.6 Å². The third-order valence-corrected chi connectivity index (χ3v) is 3.48. The summed E-state index contributed by atoms with van der Waals surface area (Å²) in [4.78, 5) is 2.38. The van der Waals surface area contributed by atoms with E-state index in [-0.39, 0.29) is 12.6 Å². The maximum Gasteiger partial charge on any atom is 0.0628 e. The molecular weight excluding hydrogens is 198 g/mol. The van der Waals surface area contributed by atoms with E-state index in [0.29, 0.717) is 0 Å². The van der Waals surface area contributed by atoms with E-state index in [0.717, 1.165) is 19.0 Å². The van der Waals surface area contributed by atoms with Crippen LogP contribution in [0.4, 0.5) is 0 Å². The average molecular weight is 219 g/mol. The molecule has 0 bridgehead atoms. The van der Waals surface area contributed by atoms with E-state index in [1.54, 1.807) is 0 Å². The van der Waals surface area contributed by atoms with Gasteiger partial charge in [0.2, 0.25) is 0 Å². The molecule has 0 amide bonds. The lowest BCUT2D eigenvalue weighted by Crippen LogP contribution is -2.49. The van der Waals surface area contributed by atoms with E-state index in [1.165, 1.54) is 18.4 Å². The van der Waals surface area contributed by atoms with Crippen molar-refractivity contribution in [2.75, 3.05) is 19.7 Å². The van der Waals surface area contributed by atoms with Gasteiger partial charge in [-0.05, 0) is 17.9 Å². The van der Waals surface area contributed by atoms with Crippen molar-refractivity contribution < 1.29 is 5.11 Å². The van der Waals surface area contributed by atoms with Crippen molar-refractivity contribution in [1.29, 1.82) is 0 Å². The van der Waals surface area contributed by atoms with Crippen LogP contribution in [0.3, 0.4) is 0 Å². The van der Waals surface area contributed by atoms with Crippen molar-refractivity contribution in [2.24, 2.45) is 5.92 Å². The molecule has 2 rings (SSSR count). The van der Waals surface area contributed by atoms with E-state index in [9.17, 15) is 5.11 Å². The first-order valence-electron chi connectivity index (χ1n) is 6.25. The predicted octanol–water partition coefficient (Wildman–Crippen LogP) is 2.45. The van der Waals surface area contributed by atoms with Gasteiger partial charge >= 0.3 is 0 Å². The van der Waals surface area contributed by atoms with Crippen LogP contribution >= 0.6 is 0 Å². The molecule has 1 saturated heterocycles. The van der Waals surface area contributed by atoms with Gasteiger partial charge < -0.3 is 5.11 Å². The molecule has 2 nitrogen and oxygen atoms in total. The zero-order valence-electron chi connectivity index (χ0n) is 9.97. The summed E-state index contributed by atoms with van der Waals surface area (Å²) in [6.45, 7) is 4.76. The lowest BCUT2D eigenvalue weighted by atomic mass is 9.91. The first kappa shape index (κ1) is 11.6. The van der Waals surface area contributed by atoms with Crippen LogP contribution < -0.4 is 0 Å². The lowest BCUT2D eigenvalue weighted by Gasteiger charge is -2.44. The minimum atomic E-state index is 0.203. The number of aliphatic hydroxyl groups excluding tert-OH is 1. The largest absolute Gasteiger partial charge is 0.394 e. The van der Waals surface area contributed by atoms with Gasteiger partial charge in [0.25, 0.3) is 0 Å². The van der Waals surface area contributed by atoms with E-state index in [4.69, 9.17) is 0 Å². The highest BCUT2D eigenvalue weighted by atomic mass is 16.3. The number of benzene rings is 1. The maximum atomic E-state index is 9.49. The topological polar surface area (TPSA) is 23.5 Å². The minimum absolute atomic E-state index is 0.203. The lowest BCUT2D eigenvalue weighted by molar-refractivity contribution is 0.0195. The van der Waals surface area contributed by atoms with Gasteiger partial charge in [-0.2, -0.15) is 0 Å². The predicted molar refractivity (Wildman–Crippen MR) is 66.2 cm³/mol. The van der Waals surface area contributed by atoms with Gasteiger partial charge in [-0.3, -0.25) is 4.90 Å². The number of hydrogen-bond acceptors (Lipinski definition) is 2. The molecule has 0 saturated carbocycles. The quantitative estimate of drug-likeness (QED) is 0.822. The summed E-state index contributed by atoms with van der Waals surface area (Å²) < 4.78 is 0. The molecule has 88 valence electrons. The Kier molecular flexibility index (Phi) is 3.97. The Hall–Kier alpha value is -0.860. The van der Waals surface area contributed by atoms with Crippen LogP contribution in [-0.2, 0) is 0 Å². The zero-order chi connectivity index (χ0) is 11.4. The summed E-state index contributed by atoms with van der Waals surface area (Å²) >= 11 is 0. The molecule has 1 aliphatic heterocycles. The number of hydrogen-bond donors (Lipinski definition) is 1. The zero-order valence-corrected chi connectivity index (χ0v) is 9.97. The Morgan fingerprint density at radius 3 is 2.56 bits per heavy atom. The fourth-order valence-corrected chi connectivity index (χ4v) is 2.56. The summed E-state index contributed by atoms with van der Waals surface area (Å²) in [5, 5.41) is 9.49. The second-order valence-corrected chi connectivity index (χ2v) is 4.72. The van der Waals surface area contributed by atoms with E-state index in [1.807, 2.05) is 18.2 Å². The number of nitrogens with zero attached hydrogens (tertiary/aromatic N) is 1. The van der Waals surface area contributed by atoms with E-state index in [2.05, 4.69) is 24.0 Å². The van der Waals surface area contributed by atoms with Gasteiger partial charge in [0, 0.05) is 13.1 Å². The fraction of sp³-hybridized carbons (Fsp3) is 0.571. The number of likely N-dealkylation sites (tertiary alicyclic amines) is 1. The van der Waals surface area contributed by atoms with Crippen LogP contribution in [0, 0.1) is 5.92 Å². The average Bonchev–Trinajstić information content (AvgIpc) is 2.28. The minimum Gasteiger partial charge on any atom is -0.394 e. The molecule has 0 unspecified atom stereocenters. The summed E-state index contributed by atoms with van der Waals surface area (Å²) in [5.74, 6) is 0.850. The van der Waals surface area contributed by atoms with E-state index < -0.39 is 0 Å². The molecule has 1 N–H and O–H groups in total. The van der Waals surface area contributed by atoms with Crippen LogP contribution in [0.25, 0.3) is 0 Å². The van der Waals surface area contributed by atoms with Crippen LogP contribution in [0.5, 0.6) is 0 Å². The molecule has 2 heteroatoms. The number of aliphatic hydroxyl groups is 1. The van der Waals surface area contributed by atoms with Crippen molar-refractivity contribution in [1.82, 2.24) is 4.90 Å². The van der Waals surface area contributed by atoms with Gasteiger partial charge in [-0.25, -0.2) is 0 Å². The normalized spacial score (nSPS) is 19.4. The van der Waals surface area contributed by atoms with E-state index >= 15 is 0 Å². The third kappa shape index (κ3) is 2.45. The smallest absolute Gasteiger partial charge is 0.0628 e. The highest BCUT2D eigenvalue weighted by molar-refractivity contribution is 5.19. The van der Waals surface area contributed by atoms with Gasteiger partial charge in [0.1, 0.15) is 0 Å². The van der Waals surface area contributed by atoms with Crippen LogP contribution in [0.15, 0.2) is 30.3 Å². The first-order valence-corrected chi connectivity index (χ1v) is 6.25. The Morgan fingerprint density at radius 1 is 1.31 bits per heavy atom. The van der Waals surface area contributed by atoms with Crippen molar-refractivity contribution >= 4 is 0 Å². The SMILES string of the molecule is CCCC1CN([C@H](CO)c2ccccc2)C1. The standard InChI is InChI=1S/C14H21NO/c1-2-6-12-9-15(10-12)14(11-16)13-7-4-3-5-8-13/h3-5,7-8,12,14,16H,2,6,9-11H2,1H3/t14-/m1/s1. The Balaban J connectivity index is 1.93. The van der Waals surface area contributed by atoms with Crippen molar-refractivity contribution in [3.63, 3.8) is 0 Å². The second-order valence-electron chi connectivity index (χ2n) is 4.72. The van der Waals surface area contributed by atoms with Gasteiger partial charge in [0.15, 0.2) is 0 Å². The van der Waals surface area contributed by atoms with Gasteiger partial charge in [-0.15, -0.1) is 0 Å². The molecule has 16 heavy (non-hydrogen) atoms. The Morgan fingerprint density at radius 2 is 2.00 bits per heavy atom. The molecule has 0 aromatic heterocycles. The maximum absolute atomic E-state index is 9.49. The monoisotopic (exact) mass is 219 g/mol. The van der Waals surface area contributed by atoms with Crippen molar-refractivity contribution in [2.45, 2.75) is 25.8 Å². The van der Waals surface area contributed by atoms with Crippen molar-refractivity contribution in [3.05, 3.63) is 35.9 Å². The van der Waals surface area contributed by atoms with Crippen LogP contribution in [0.2, 0.25) is 0 Å². The fourth-order valence-electron chi connectivity index (χ4n) is 2.56. The highest BCUT2D eigenvalue weighted by Crippen LogP contribution is 2.30. The Labute approximate surface area is 97.9 Å². The summed E-state index contributed by atoms with van der Waals surface area (Å²) in [6.07, 6.45) is 2.59. The Bertz CT molecular complexity index is 306. The molecule has 1 atom stereocenters. The molecule has 1 aromatic carbocycles. The third-order valence-electron chi connectivity index (χ3n) is 3.48. The molecule has 0 aliphatic carbocycles. The van der Waals surface area contributed by atoms with Crippen LogP contribution in [-0.4, -0.2) is 29.7 Å².